The number of hydrogen-bond acceptors (Lipinski definition) is 4. The van der Waals surface area contributed by atoms with E-state index < -0.39 is 44.9 Å². The van der Waals surface area contributed by atoms with Crippen LogP contribution in [-0.2, 0) is 21.0 Å². The Morgan fingerprint density at radius 3 is 2.42 bits per heavy atom. The molecule has 0 aliphatic carbocycles. The molecule has 10 heteroatoms. The van der Waals surface area contributed by atoms with Gasteiger partial charge in [-0.25, -0.2) is 13.1 Å². The van der Waals surface area contributed by atoms with E-state index in [4.69, 9.17) is 10.5 Å². The van der Waals surface area contributed by atoms with E-state index in [2.05, 4.69) is 0 Å². The lowest BCUT2D eigenvalue weighted by atomic mass is 10.0. The predicted molar refractivity (Wildman–Crippen MR) is 79.9 cm³/mol. The number of primary amides is 1. The van der Waals surface area contributed by atoms with E-state index >= 15 is 0 Å². The normalized spacial score (nSPS) is 12.3. The molecule has 0 aromatic heterocycles. The monoisotopic (exact) mass is 362 g/mol. The fraction of sp³-hybridized carbons (Fsp3) is 0.214. The van der Waals surface area contributed by atoms with Gasteiger partial charge in [-0.3, -0.25) is 4.79 Å². The number of ether oxygens (including phenoxy) is 1. The molecule has 2 aromatic rings. The molecule has 0 aliphatic rings. The molecule has 0 radical (unpaired) electrons. The molecule has 0 fully saturated rings. The van der Waals surface area contributed by atoms with Gasteiger partial charge in [0.05, 0.1) is 18.6 Å². The molecule has 0 aliphatic heterocycles. The third kappa shape index (κ3) is 3.44. The lowest BCUT2D eigenvalue weighted by Gasteiger charge is -2.16. The van der Waals surface area contributed by atoms with E-state index in [9.17, 15) is 26.4 Å². The van der Waals surface area contributed by atoms with Crippen molar-refractivity contribution >= 4 is 26.7 Å². The number of hydrogen-bond donors (Lipinski definition) is 2. The lowest BCUT2D eigenvalue weighted by molar-refractivity contribution is -0.137. The van der Waals surface area contributed by atoms with Crippen molar-refractivity contribution in [2.75, 3.05) is 13.7 Å². The summed E-state index contributed by atoms with van der Waals surface area (Å²) in [6.45, 7) is -0.666. The Bertz CT molecular complexity index is 895. The van der Waals surface area contributed by atoms with Crippen LogP contribution >= 0.6 is 0 Å². The van der Waals surface area contributed by atoms with Crippen molar-refractivity contribution in [1.29, 1.82) is 0 Å². The second kappa shape index (κ2) is 6.29. The molecule has 0 bridgehead atoms. The third-order valence-electron chi connectivity index (χ3n) is 3.21. The zero-order chi connectivity index (χ0) is 18.1. The largest absolute Gasteiger partial charge is 0.496 e. The number of rotatable bonds is 5. The molecule has 2 aromatic carbocycles. The summed E-state index contributed by atoms with van der Waals surface area (Å²) in [6, 6.07) is 5.71. The van der Waals surface area contributed by atoms with Crippen molar-refractivity contribution in [1.82, 2.24) is 4.72 Å². The van der Waals surface area contributed by atoms with Gasteiger partial charge >= 0.3 is 6.18 Å². The smallest absolute Gasteiger partial charge is 0.420 e. The Morgan fingerprint density at radius 2 is 1.88 bits per heavy atom. The zero-order valence-electron chi connectivity index (χ0n) is 12.3. The summed E-state index contributed by atoms with van der Waals surface area (Å²) in [6.07, 6.45) is -4.74. The Balaban J connectivity index is 2.74. The number of benzene rings is 2. The number of carbonyl (C=O) groups is 1. The van der Waals surface area contributed by atoms with Gasteiger partial charge in [0.15, 0.2) is 0 Å². The fourth-order valence-corrected chi connectivity index (χ4v) is 3.46. The van der Waals surface area contributed by atoms with Crippen LogP contribution in [0.1, 0.15) is 5.56 Å². The van der Waals surface area contributed by atoms with Crippen molar-refractivity contribution < 1.29 is 31.1 Å². The highest BCUT2D eigenvalue weighted by molar-refractivity contribution is 7.89. The summed E-state index contributed by atoms with van der Waals surface area (Å²) < 4.78 is 71.2. The minimum Gasteiger partial charge on any atom is -0.496 e. The molecular weight excluding hydrogens is 349 g/mol. The van der Waals surface area contributed by atoms with Crippen LogP contribution in [0.15, 0.2) is 35.2 Å². The first-order valence-corrected chi connectivity index (χ1v) is 8.01. The van der Waals surface area contributed by atoms with Crippen LogP contribution in [-0.4, -0.2) is 28.0 Å². The number of alkyl halides is 3. The first-order valence-electron chi connectivity index (χ1n) is 6.53. The van der Waals surface area contributed by atoms with Crippen LogP contribution in [0, 0.1) is 0 Å². The van der Waals surface area contributed by atoms with E-state index in [-0.39, 0.29) is 10.8 Å². The van der Waals surface area contributed by atoms with Gasteiger partial charge in [0.25, 0.3) is 0 Å². The molecule has 0 spiro atoms. The maximum atomic E-state index is 13.3. The number of sulfonamides is 1. The van der Waals surface area contributed by atoms with Crippen molar-refractivity contribution in [2.45, 2.75) is 11.1 Å². The summed E-state index contributed by atoms with van der Waals surface area (Å²) in [4.78, 5) is 10.3. The highest BCUT2D eigenvalue weighted by Crippen LogP contribution is 2.42. The highest BCUT2D eigenvalue weighted by Gasteiger charge is 2.37. The van der Waals surface area contributed by atoms with Crippen molar-refractivity contribution in [3.05, 3.63) is 35.9 Å². The van der Waals surface area contributed by atoms with Gasteiger partial charge in [0.1, 0.15) is 11.3 Å². The molecule has 0 unspecified atom stereocenters. The lowest BCUT2D eigenvalue weighted by Crippen LogP contribution is -2.33. The molecule has 24 heavy (non-hydrogen) atoms. The molecule has 2 rings (SSSR count). The van der Waals surface area contributed by atoms with Crippen LogP contribution < -0.4 is 15.2 Å². The average molecular weight is 362 g/mol. The number of fused-ring (bicyclic) bond motifs is 1. The zero-order valence-corrected chi connectivity index (χ0v) is 13.2. The van der Waals surface area contributed by atoms with Crippen LogP contribution in [0.5, 0.6) is 5.75 Å². The molecule has 0 saturated carbocycles. The summed E-state index contributed by atoms with van der Waals surface area (Å²) in [5, 5.41) is -0.480. The van der Waals surface area contributed by atoms with Gasteiger partial charge in [0.2, 0.25) is 15.9 Å². The van der Waals surface area contributed by atoms with Gasteiger partial charge in [-0.2, -0.15) is 13.2 Å². The van der Waals surface area contributed by atoms with Gasteiger partial charge in [-0.15, -0.1) is 0 Å². The SMILES string of the molecule is COc1ccc2c(S(=O)(=O)NCC(N)=O)cccc2c1C(F)(F)F. The van der Waals surface area contributed by atoms with Crippen molar-refractivity contribution in [2.24, 2.45) is 5.73 Å². The van der Waals surface area contributed by atoms with Gasteiger partial charge in [-0.05, 0) is 23.6 Å². The number of nitrogens with one attached hydrogen (secondary N) is 1. The van der Waals surface area contributed by atoms with E-state index in [0.717, 1.165) is 25.3 Å². The maximum absolute atomic E-state index is 13.3. The van der Waals surface area contributed by atoms with Crippen molar-refractivity contribution in [3.8, 4) is 5.75 Å². The van der Waals surface area contributed by atoms with Crippen molar-refractivity contribution in [3.63, 3.8) is 0 Å². The Kier molecular flexibility index (Phi) is 4.72. The number of methoxy groups -OCH3 is 1. The topological polar surface area (TPSA) is 98.5 Å². The molecule has 1 amide bonds. The Morgan fingerprint density at radius 1 is 1.21 bits per heavy atom. The summed E-state index contributed by atoms with van der Waals surface area (Å²) >= 11 is 0. The maximum Gasteiger partial charge on any atom is 0.420 e. The molecule has 6 nitrogen and oxygen atoms in total. The quantitative estimate of drug-likeness (QED) is 0.845. The van der Waals surface area contributed by atoms with Gasteiger partial charge < -0.3 is 10.5 Å². The number of nitrogens with two attached hydrogens (primary N) is 1. The van der Waals surface area contributed by atoms with Gasteiger partial charge in [0, 0.05) is 5.39 Å². The van der Waals surface area contributed by atoms with Crippen LogP contribution in [0.3, 0.4) is 0 Å². The van der Waals surface area contributed by atoms with E-state index in [0.29, 0.717) is 0 Å². The third-order valence-corrected chi connectivity index (χ3v) is 4.67. The summed E-state index contributed by atoms with van der Waals surface area (Å²) in [5.74, 6) is -1.34. The highest BCUT2D eigenvalue weighted by atomic mass is 32.2. The number of amides is 1. The van der Waals surface area contributed by atoms with E-state index in [1.807, 2.05) is 4.72 Å². The summed E-state index contributed by atoms with van der Waals surface area (Å²) in [5.41, 5.74) is 3.80. The summed E-state index contributed by atoms with van der Waals surface area (Å²) in [7, 11) is -3.13. The minimum atomic E-state index is -4.74. The minimum absolute atomic E-state index is 0.150. The van der Waals surface area contributed by atoms with Gasteiger partial charge in [-0.1, -0.05) is 12.1 Å². The number of halogens is 3. The average Bonchev–Trinajstić information content (AvgIpc) is 2.50. The molecular formula is C14H13F3N2O4S. The van der Waals surface area contributed by atoms with Crippen LogP contribution in [0.25, 0.3) is 10.8 Å². The fourth-order valence-electron chi connectivity index (χ4n) is 2.25. The second-order valence-corrected chi connectivity index (χ2v) is 6.52. The molecule has 3 N–H and O–H groups in total. The first-order chi connectivity index (χ1) is 11.1. The van der Waals surface area contributed by atoms with Crippen LogP contribution in [0.2, 0.25) is 0 Å². The molecule has 0 saturated heterocycles. The molecule has 0 atom stereocenters. The second-order valence-electron chi connectivity index (χ2n) is 4.78. The first kappa shape index (κ1) is 18.0. The molecule has 0 heterocycles. The molecule has 130 valence electrons. The Labute approximate surface area is 135 Å². The number of carbonyl (C=O) groups excluding carboxylic acids is 1. The van der Waals surface area contributed by atoms with E-state index in [1.54, 1.807) is 0 Å². The van der Waals surface area contributed by atoms with E-state index in [1.165, 1.54) is 12.1 Å². The Hall–Kier alpha value is -2.33. The predicted octanol–water partition coefficient (Wildman–Crippen LogP) is 1.63. The standard InChI is InChI=1S/C14H13F3N2O4S/c1-23-10-6-5-8-9(13(10)14(15,16)17)3-2-4-11(8)24(21,22)19-7-12(18)20/h2-6,19H,7H2,1H3,(H2,18,20). The van der Waals surface area contributed by atoms with Crippen LogP contribution in [0.4, 0.5) is 13.2 Å².